The number of anilines is 1. The highest BCUT2D eigenvalue weighted by molar-refractivity contribution is 6.12. The van der Waals surface area contributed by atoms with E-state index in [0.717, 1.165) is 11.1 Å². The summed E-state index contributed by atoms with van der Waals surface area (Å²) in [6, 6.07) is 23.4. The molecule has 0 atom stereocenters. The average Bonchev–Trinajstić information content (AvgIpc) is 2.68. The van der Waals surface area contributed by atoms with Gasteiger partial charge in [0.15, 0.2) is 0 Å². The number of carboxylic acids is 2. The molecular formula is C22H17NO4. The third-order valence-corrected chi connectivity index (χ3v) is 4.19. The van der Waals surface area contributed by atoms with Crippen LogP contribution in [0.2, 0.25) is 0 Å². The predicted octanol–water partition coefficient (Wildman–Crippen LogP) is 4.66. The zero-order chi connectivity index (χ0) is 19.4. The molecule has 0 fully saturated rings. The first-order valence-electron chi connectivity index (χ1n) is 8.20. The fourth-order valence-corrected chi connectivity index (χ4v) is 2.95. The molecule has 134 valence electrons. The van der Waals surface area contributed by atoms with Crippen molar-refractivity contribution in [2.75, 3.05) is 5.73 Å². The third-order valence-electron chi connectivity index (χ3n) is 4.19. The van der Waals surface area contributed by atoms with E-state index >= 15 is 0 Å². The molecule has 4 aromatic carbocycles. The SMILES string of the molecule is Nc1cccc2ccccc12.O=C(O)c1cccc2cccc(C(=O)O)c12. The number of carbonyl (C=O) groups is 2. The summed E-state index contributed by atoms with van der Waals surface area (Å²) in [5.41, 5.74) is 6.63. The lowest BCUT2D eigenvalue weighted by atomic mass is 9.99. The third kappa shape index (κ3) is 3.72. The maximum absolute atomic E-state index is 11.0. The molecule has 0 unspecified atom stereocenters. The molecule has 0 radical (unpaired) electrons. The monoisotopic (exact) mass is 359 g/mol. The van der Waals surface area contributed by atoms with Crippen LogP contribution in [0.3, 0.4) is 0 Å². The fourth-order valence-electron chi connectivity index (χ4n) is 2.95. The molecule has 5 nitrogen and oxygen atoms in total. The van der Waals surface area contributed by atoms with Gasteiger partial charge in [0.05, 0.1) is 11.1 Å². The van der Waals surface area contributed by atoms with E-state index < -0.39 is 11.9 Å². The van der Waals surface area contributed by atoms with Crippen LogP contribution in [0.4, 0.5) is 5.69 Å². The molecule has 0 aliphatic rings. The van der Waals surface area contributed by atoms with Crippen LogP contribution in [0.25, 0.3) is 21.5 Å². The number of aromatic carboxylic acids is 2. The average molecular weight is 359 g/mol. The van der Waals surface area contributed by atoms with Gasteiger partial charge in [0.2, 0.25) is 0 Å². The highest BCUT2D eigenvalue weighted by Crippen LogP contribution is 2.23. The van der Waals surface area contributed by atoms with Gasteiger partial charge in [0.1, 0.15) is 0 Å². The molecule has 0 saturated heterocycles. The maximum Gasteiger partial charge on any atom is 0.336 e. The molecule has 0 aliphatic heterocycles. The minimum atomic E-state index is -1.13. The number of rotatable bonds is 2. The van der Waals surface area contributed by atoms with Crippen molar-refractivity contribution in [1.29, 1.82) is 0 Å². The summed E-state index contributed by atoms with van der Waals surface area (Å²) in [4.78, 5) is 22.0. The van der Waals surface area contributed by atoms with Crippen LogP contribution in [0.15, 0.2) is 78.9 Å². The number of hydrogen-bond acceptors (Lipinski definition) is 3. The zero-order valence-corrected chi connectivity index (χ0v) is 14.3. The number of hydrogen-bond donors (Lipinski definition) is 3. The lowest BCUT2D eigenvalue weighted by molar-refractivity contribution is 0.0695. The van der Waals surface area contributed by atoms with Gasteiger partial charge in [-0.1, -0.05) is 60.7 Å². The van der Waals surface area contributed by atoms with Gasteiger partial charge in [0, 0.05) is 16.5 Å². The summed E-state index contributed by atoms with van der Waals surface area (Å²) in [5.74, 6) is -2.25. The number of carboxylic acid groups (broad SMARTS) is 2. The molecular weight excluding hydrogens is 342 g/mol. The number of benzene rings is 4. The second kappa shape index (κ2) is 7.58. The van der Waals surface area contributed by atoms with Crippen molar-refractivity contribution in [3.8, 4) is 0 Å². The standard InChI is InChI=1S/C12H8O4.C10H9N/c13-11(14)8-5-1-3-7-4-2-6-9(10(7)8)12(15)16;11-10-7-3-5-8-4-1-2-6-9(8)10/h1-6H,(H,13,14)(H,15,16);1-7H,11H2. The Kier molecular flexibility index (Phi) is 5.04. The molecule has 27 heavy (non-hydrogen) atoms. The first kappa shape index (κ1) is 17.9. The summed E-state index contributed by atoms with van der Waals surface area (Å²) >= 11 is 0. The zero-order valence-electron chi connectivity index (χ0n) is 14.3. The topological polar surface area (TPSA) is 101 Å². The minimum Gasteiger partial charge on any atom is -0.478 e. The van der Waals surface area contributed by atoms with Gasteiger partial charge < -0.3 is 15.9 Å². The second-order valence-electron chi connectivity index (χ2n) is 5.89. The first-order chi connectivity index (χ1) is 13.0. The van der Waals surface area contributed by atoms with Gasteiger partial charge in [0.25, 0.3) is 0 Å². The Labute approximate surface area is 155 Å². The highest BCUT2D eigenvalue weighted by atomic mass is 16.4. The molecule has 0 heterocycles. The molecule has 0 saturated carbocycles. The van der Waals surface area contributed by atoms with Crippen molar-refractivity contribution in [3.63, 3.8) is 0 Å². The smallest absolute Gasteiger partial charge is 0.336 e. The van der Waals surface area contributed by atoms with Crippen LogP contribution in [0.1, 0.15) is 20.7 Å². The lowest BCUT2D eigenvalue weighted by Gasteiger charge is -2.05. The first-order valence-corrected chi connectivity index (χ1v) is 8.20. The van der Waals surface area contributed by atoms with Crippen molar-refractivity contribution in [2.24, 2.45) is 0 Å². The number of fused-ring (bicyclic) bond motifs is 2. The Bertz CT molecular complexity index is 1100. The Morgan fingerprint density at radius 3 is 1.67 bits per heavy atom. The van der Waals surface area contributed by atoms with E-state index in [4.69, 9.17) is 15.9 Å². The van der Waals surface area contributed by atoms with Crippen molar-refractivity contribution in [2.45, 2.75) is 0 Å². The normalized spacial score (nSPS) is 10.2. The van der Waals surface area contributed by atoms with E-state index in [1.54, 1.807) is 24.3 Å². The summed E-state index contributed by atoms with van der Waals surface area (Å²) in [5, 5.41) is 21.2. The molecule has 0 aromatic heterocycles. The van der Waals surface area contributed by atoms with Gasteiger partial charge in [-0.05, 0) is 29.0 Å². The van der Waals surface area contributed by atoms with Crippen LogP contribution < -0.4 is 5.73 Å². The van der Waals surface area contributed by atoms with Crippen LogP contribution in [-0.2, 0) is 0 Å². The molecule has 5 heteroatoms. The van der Waals surface area contributed by atoms with E-state index in [-0.39, 0.29) is 16.5 Å². The highest BCUT2D eigenvalue weighted by Gasteiger charge is 2.15. The fraction of sp³-hybridized carbons (Fsp3) is 0. The Hall–Kier alpha value is -3.86. The molecule has 0 bridgehead atoms. The van der Waals surface area contributed by atoms with E-state index in [9.17, 15) is 9.59 Å². The van der Waals surface area contributed by atoms with Crippen LogP contribution in [-0.4, -0.2) is 22.2 Å². The van der Waals surface area contributed by atoms with Gasteiger partial charge in [-0.15, -0.1) is 0 Å². The Balaban J connectivity index is 0.000000166. The summed E-state index contributed by atoms with van der Waals surface area (Å²) in [6.07, 6.45) is 0. The van der Waals surface area contributed by atoms with E-state index in [2.05, 4.69) is 12.1 Å². The Morgan fingerprint density at radius 2 is 1.11 bits per heavy atom. The molecule has 4 rings (SSSR count). The van der Waals surface area contributed by atoms with Gasteiger partial charge >= 0.3 is 11.9 Å². The van der Waals surface area contributed by atoms with E-state index in [1.165, 1.54) is 17.5 Å². The van der Waals surface area contributed by atoms with Crippen molar-refractivity contribution < 1.29 is 19.8 Å². The van der Waals surface area contributed by atoms with Crippen molar-refractivity contribution in [1.82, 2.24) is 0 Å². The van der Waals surface area contributed by atoms with Crippen LogP contribution in [0.5, 0.6) is 0 Å². The predicted molar refractivity (Wildman–Crippen MR) is 106 cm³/mol. The van der Waals surface area contributed by atoms with Gasteiger partial charge in [-0.3, -0.25) is 0 Å². The van der Waals surface area contributed by atoms with E-state index in [0.29, 0.717) is 5.39 Å². The van der Waals surface area contributed by atoms with Gasteiger partial charge in [-0.25, -0.2) is 9.59 Å². The van der Waals surface area contributed by atoms with Crippen molar-refractivity contribution in [3.05, 3.63) is 90.0 Å². The summed E-state index contributed by atoms with van der Waals surface area (Å²) in [7, 11) is 0. The molecule has 4 N–H and O–H groups in total. The van der Waals surface area contributed by atoms with Crippen molar-refractivity contribution >= 4 is 39.2 Å². The maximum atomic E-state index is 11.0. The second-order valence-corrected chi connectivity index (χ2v) is 5.89. The number of nitrogens with two attached hydrogens (primary N) is 1. The molecule has 0 aliphatic carbocycles. The van der Waals surface area contributed by atoms with Crippen LogP contribution >= 0.6 is 0 Å². The largest absolute Gasteiger partial charge is 0.478 e. The van der Waals surface area contributed by atoms with Gasteiger partial charge in [-0.2, -0.15) is 0 Å². The quantitative estimate of drug-likeness (QED) is 0.452. The lowest BCUT2D eigenvalue weighted by Crippen LogP contribution is -2.03. The summed E-state index contributed by atoms with van der Waals surface area (Å²) < 4.78 is 0. The molecule has 0 amide bonds. The summed E-state index contributed by atoms with van der Waals surface area (Å²) in [6.45, 7) is 0. The number of nitrogen functional groups attached to an aromatic ring is 1. The molecule has 0 spiro atoms. The minimum absolute atomic E-state index is 0.00972. The van der Waals surface area contributed by atoms with E-state index in [1.807, 2.05) is 30.3 Å². The van der Waals surface area contributed by atoms with Crippen LogP contribution in [0, 0.1) is 0 Å². The molecule has 4 aromatic rings. The Morgan fingerprint density at radius 1 is 0.630 bits per heavy atom.